The van der Waals surface area contributed by atoms with Crippen LogP contribution in [0, 0.1) is 6.92 Å². The van der Waals surface area contributed by atoms with Gasteiger partial charge in [-0.2, -0.15) is 0 Å². The monoisotopic (exact) mass is 255 g/mol. The summed E-state index contributed by atoms with van der Waals surface area (Å²) in [5.41, 5.74) is 1.42. The second kappa shape index (κ2) is 9.78. The Bertz CT molecular complexity index is 226. The maximum atomic E-state index is 3.44. The van der Waals surface area contributed by atoms with E-state index in [9.17, 15) is 0 Å². The molecule has 1 N–H and O–H groups in total. The molecule has 0 radical (unpaired) electrons. The normalized spacial score (nSPS) is 9.00. The van der Waals surface area contributed by atoms with Crippen LogP contribution >= 0.6 is 36.2 Å². The Hall–Kier alpha value is 0.240. The molecule has 0 aliphatic carbocycles. The van der Waals surface area contributed by atoms with Gasteiger partial charge in [-0.3, -0.25) is 0 Å². The van der Waals surface area contributed by atoms with Crippen LogP contribution in [0.25, 0.3) is 0 Å². The molecule has 0 unspecified atom stereocenters. The zero-order valence-corrected chi connectivity index (χ0v) is 11.2. The molecule has 14 heavy (non-hydrogen) atoms. The largest absolute Gasteiger partial charge is 0.312 e. The van der Waals surface area contributed by atoms with E-state index >= 15 is 0 Å². The van der Waals surface area contributed by atoms with Crippen LogP contribution in [0.15, 0.2) is 11.4 Å². The molecule has 0 amide bonds. The molecule has 1 rings (SSSR count). The maximum absolute atomic E-state index is 3.44. The first kappa shape index (κ1) is 16.7. The number of thiophene rings is 1. The van der Waals surface area contributed by atoms with Crippen LogP contribution in [0.5, 0.6) is 0 Å². The van der Waals surface area contributed by atoms with Gasteiger partial charge < -0.3 is 5.32 Å². The molecule has 0 fully saturated rings. The van der Waals surface area contributed by atoms with E-state index in [1.165, 1.54) is 23.3 Å². The zero-order valence-electron chi connectivity index (χ0n) is 8.71. The molecule has 0 bridgehead atoms. The van der Waals surface area contributed by atoms with E-state index in [2.05, 4.69) is 30.6 Å². The van der Waals surface area contributed by atoms with Gasteiger partial charge in [0.25, 0.3) is 0 Å². The molecular weight excluding hydrogens is 237 g/mol. The van der Waals surface area contributed by atoms with Crippen molar-refractivity contribution < 1.29 is 0 Å². The number of halogens is 2. The highest BCUT2D eigenvalue weighted by atomic mass is 35.5. The van der Waals surface area contributed by atoms with Gasteiger partial charge in [-0.25, -0.2) is 0 Å². The predicted molar refractivity (Wildman–Crippen MR) is 70.2 cm³/mol. The fourth-order valence-corrected chi connectivity index (χ4v) is 1.96. The highest BCUT2D eigenvalue weighted by Gasteiger charge is 1.97. The fraction of sp³-hybridized carbons (Fsp3) is 0.600. The average molecular weight is 256 g/mol. The minimum Gasteiger partial charge on any atom is -0.312 e. The number of nitrogens with one attached hydrogen (secondary N) is 1. The van der Waals surface area contributed by atoms with Gasteiger partial charge >= 0.3 is 0 Å². The van der Waals surface area contributed by atoms with Crippen LogP contribution in [-0.4, -0.2) is 6.54 Å². The van der Waals surface area contributed by atoms with E-state index in [0.29, 0.717) is 0 Å². The van der Waals surface area contributed by atoms with Gasteiger partial charge in [0.15, 0.2) is 0 Å². The first-order valence-electron chi connectivity index (χ1n) is 4.58. The SMILES string of the molecule is CCCCNCc1sccc1C.Cl.Cl. The van der Waals surface area contributed by atoms with Gasteiger partial charge in [-0.15, -0.1) is 36.2 Å². The van der Waals surface area contributed by atoms with E-state index in [1.54, 1.807) is 0 Å². The summed E-state index contributed by atoms with van der Waals surface area (Å²) in [6.45, 7) is 6.59. The van der Waals surface area contributed by atoms with Crippen molar-refractivity contribution in [3.8, 4) is 0 Å². The number of aryl methyl sites for hydroxylation is 1. The van der Waals surface area contributed by atoms with Crippen molar-refractivity contribution in [3.05, 3.63) is 21.9 Å². The van der Waals surface area contributed by atoms with Gasteiger partial charge in [0.1, 0.15) is 0 Å². The van der Waals surface area contributed by atoms with E-state index in [0.717, 1.165) is 13.1 Å². The number of hydrogen-bond donors (Lipinski definition) is 1. The summed E-state index contributed by atoms with van der Waals surface area (Å²) in [7, 11) is 0. The van der Waals surface area contributed by atoms with Crippen molar-refractivity contribution in [2.24, 2.45) is 0 Å². The lowest BCUT2D eigenvalue weighted by molar-refractivity contribution is 0.645. The Balaban J connectivity index is 0. The highest BCUT2D eigenvalue weighted by Crippen LogP contribution is 2.14. The van der Waals surface area contributed by atoms with Crippen molar-refractivity contribution in [1.82, 2.24) is 5.32 Å². The molecular formula is C10H19Cl2NS. The summed E-state index contributed by atoms with van der Waals surface area (Å²) in [6, 6.07) is 2.18. The van der Waals surface area contributed by atoms with Gasteiger partial charge in [-0.05, 0) is 36.9 Å². The van der Waals surface area contributed by atoms with Crippen molar-refractivity contribution in [2.45, 2.75) is 33.2 Å². The van der Waals surface area contributed by atoms with Gasteiger partial charge in [0.05, 0.1) is 0 Å². The third-order valence-corrected chi connectivity index (χ3v) is 2.98. The summed E-state index contributed by atoms with van der Waals surface area (Å²) in [5.74, 6) is 0. The molecule has 1 aromatic heterocycles. The lowest BCUT2D eigenvalue weighted by Crippen LogP contribution is -2.13. The summed E-state index contributed by atoms with van der Waals surface area (Å²) < 4.78 is 0. The molecule has 0 aliphatic heterocycles. The summed E-state index contributed by atoms with van der Waals surface area (Å²) in [6.07, 6.45) is 2.56. The first-order valence-corrected chi connectivity index (χ1v) is 5.46. The first-order chi connectivity index (χ1) is 5.84. The van der Waals surface area contributed by atoms with Crippen molar-refractivity contribution in [1.29, 1.82) is 0 Å². The number of hydrogen-bond acceptors (Lipinski definition) is 2. The van der Waals surface area contributed by atoms with Gasteiger partial charge in [-0.1, -0.05) is 13.3 Å². The molecule has 1 aromatic rings. The van der Waals surface area contributed by atoms with Crippen LogP contribution in [0.2, 0.25) is 0 Å². The van der Waals surface area contributed by atoms with E-state index in [4.69, 9.17) is 0 Å². The molecule has 0 spiro atoms. The molecule has 0 aromatic carbocycles. The van der Waals surface area contributed by atoms with Gasteiger partial charge in [0.2, 0.25) is 0 Å². The summed E-state index contributed by atoms with van der Waals surface area (Å²) in [5, 5.41) is 5.60. The van der Waals surface area contributed by atoms with Crippen molar-refractivity contribution in [2.75, 3.05) is 6.54 Å². The molecule has 0 saturated carbocycles. The predicted octanol–water partition coefficient (Wildman–Crippen LogP) is 3.79. The minimum atomic E-state index is 0. The van der Waals surface area contributed by atoms with Crippen LogP contribution in [0.3, 0.4) is 0 Å². The minimum absolute atomic E-state index is 0. The fourth-order valence-electron chi connectivity index (χ4n) is 1.09. The number of unbranched alkanes of at least 4 members (excludes halogenated alkanes) is 1. The lowest BCUT2D eigenvalue weighted by atomic mass is 10.3. The van der Waals surface area contributed by atoms with Gasteiger partial charge in [0, 0.05) is 11.4 Å². The molecule has 1 nitrogen and oxygen atoms in total. The Labute approximate surface area is 103 Å². The second-order valence-electron chi connectivity index (χ2n) is 3.06. The molecule has 84 valence electrons. The van der Waals surface area contributed by atoms with Crippen molar-refractivity contribution in [3.63, 3.8) is 0 Å². The van der Waals surface area contributed by atoms with Crippen LogP contribution < -0.4 is 5.32 Å². The van der Waals surface area contributed by atoms with E-state index in [-0.39, 0.29) is 24.8 Å². The molecule has 1 heterocycles. The topological polar surface area (TPSA) is 12.0 Å². The molecule has 0 saturated heterocycles. The molecule has 4 heteroatoms. The molecule has 0 aliphatic rings. The van der Waals surface area contributed by atoms with Crippen molar-refractivity contribution >= 4 is 36.2 Å². The maximum Gasteiger partial charge on any atom is 0.0302 e. The Morgan fingerprint density at radius 2 is 2.07 bits per heavy atom. The standard InChI is InChI=1S/C10H17NS.2ClH/c1-3-4-6-11-8-10-9(2)5-7-12-10;;/h5,7,11H,3-4,6,8H2,1-2H3;2*1H. The quantitative estimate of drug-likeness (QED) is 0.790. The summed E-state index contributed by atoms with van der Waals surface area (Å²) in [4.78, 5) is 1.48. The Morgan fingerprint density at radius 1 is 1.36 bits per heavy atom. The van der Waals surface area contributed by atoms with Crippen LogP contribution in [0.4, 0.5) is 0 Å². The third-order valence-electron chi connectivity index (χ3n) is 1.96. The van der Waals surface area contributed by atoms with Crippen LogP contribution in [-0.2, 0) is 6.54 Å². The summed E-state index contributed by atoms with van der Waals surface area (Å²) >= 11 is 1.85. The number of rotatable bonds is 5. The Kier molecular flexibility index (Phi) is 11.6. The third kappa shape index (κ3) is 5.86. The highest BCUT2D eigenvalue weighted by molar-refractivity contribution is 7.10. The smallest absolute Gasteiger partial charge is 0.0302 e. The zero-order chi connectivity index (χ0) is 8.81. The molecule has 0 atom stereocenters. The Morgan fingerprint density at radius 3 is 2.57 bits per heavy atom. The lowest BCUT2D eigenvalue weighted by Gasteiger charge is -2.01. The van der Waals surface area contributed by atoms with E-state index in [1.807, 2.05) is 11.3 Å². The second-order valence-corrected chi connectivity index (χ2v) is 4.06. The average Bonchev–Trinajstić information content (AvgIpc) is 2.46. The van der Waals surface area contributed by atoms with Crippen LogP contribution in [0.1, 0.15) is 30.2 Å². The van der Waals surface area contributed by atoms with E-state index < -0.39 is 0 Å².